The molecule has 0 aromatic carbocycles. The third-order valence-electron chi connectivity index (χ3n) is 0.729. The smallest absolute Gasteiger partial charge is 0.0791 e. The van der Waals surface area contributed by atoms with E-state index in [1.165, 1.54) is 0 Å². The molecule has 1 N–H and O–H groups in total. The Bertz CT molecular complexity index is 80.2. The van der Waals surface area contributed by atoms with E-state index in [0.717, 1.165) is 6.42 Å². The summed E-state index contributed by atoms with van der Waals surface area (Å²) in [5.41, 5.74) is 2.49. The fourth-order valence-corrected chi connectivity index (χ4v) is 0.254. The molecule has 1 nitrogen and oxygen atoms in total. The number of hydrogen-bond donors (Lipinski definition) is 1. The van der Waals surface area contributed by atoms with Gasteiger partial charge in [0.2, 0.25) is 0 Å². The molecule has 0 radical (unpaired) electrons. The molecule has 0 aliphatic rings. The molecule has 0 aliphatic heterocycles. The standard InChI is InChI=1S/C6H10O/c1-3-5-6(7)4-2/h5-7H,1,4H2,2H3. The predicted molar refractivity (Wildman–Crippen MR) is 30.0 cm³/mol. The Morgan fingerprint density at radius 3 is 2.71 bits per heavy atom. The van der Waals surface area contributed by atoms with Crippen molar-refractivity contribution in [1.29, 1.82) is 0 Å². The summed E-state index contributed by atoms with van der Waals surface area (Å²) < 4.78 is 0. The normalized spacial score (nSPS) is 12.3. The van der Waals surface area contributed by atoms with E-state index in [2.05, 4.69) is 12.3 Å². The van der Waals surface area contributed by atoms with Crippen molar-refractivity contribution in [3.05, 3.63) is 18.4 Å². The minimum absolute atomic E-state index is 0.350. The van der Waals surface area contributed by atoms with Gasteiger partial charge in [0.1, 0.15) is 0 Å². The second-order valence-electron chi connectivity index (χ2n) is 1.35. The summed E-state index contributed by atoms with van der Waals surface area (Å²) >= 11 is 0. The van der Waals surface area contributed by atoms with Crippen LogP contribution in [0, 0.1) is 0 Å². The molecule has 0 spiro atoms. The van der Waals surface area contributed by atoms with Gasteiger partial charge in [0.05, 0.1) is 6.10 Å². The quantitative estimate of drug-likeness (QED) is 0.513. The van der Waals surface area contributed by atoms with Crippen LogP contribution in [-0.2, 0) is 0 Å². The first-order valence-corrected chi connectivity index (χ1v) is 2.35. The summed E-state index contributed by atoms with van der Waals surface area (Å²) in [4.78, 5) is 0. The van der Waals surface area contributed by atoms with Crippen LogP contribution in [0.5, 0.6) is 0 Å². The van der Waals surface area contributed by atoms with Crippen molar-refractivity contribution in [3.8, 4) is 0 Å². The lowest BCUT2D eigenvalue weighted by Gasteiger charge is -1.93. The summed E-state index contributed by atoms with van der Waals surface area (Å²) in [5.74, 6) is 0. The van der Waals surface area contributed by atoms with E-state index in [0.29, 0.717) is 0 Å². The topological polar surface area (TPSA) is 20.2 Å². The molecule has 0 saturated carbocycles. The molecule has 1 unspecified atom stereocenters. The zero-order valence-electron chi connectivity index (χ0n) is 4.52. The van der Waals surface area contributed by atoms with E-state index >= 15 is 0 Å². The number of rotatable bonds is 2. The zero-order valence-corrected chi connectivity index (χ0v) is 4.52. The van der Waals surface area contributed by atoms with Crippen LogP contribution in [0.25, 0.3) is 0 Å². The fourth-order valence-electron chi connectivity index (χ4n) is 0.254. The summed E-state index contributed by atoms with van der Waals surface area (Å²) in [5, 5.41) is 8.70. The van der Waals surface area contributed by atoms with Crippen molar-refractivity contribution in [2.75, 3.05) is 0 Å². The largest absolute Gasteiger partial charge is 0.388 e. The van der Waals surface area contributed by atoms with Crippen molar-refractivity contribution in [2.45, 2.75) is 19.4 Å². The first-order chi connectivity index (χ1) is 3.31. The summed E-state index contributed by atoms with van der Waals surface area (Å²) in [6.45, 7) is 5.21. The van der Waals surface area contributed by atoms with Gasteiger partial charge in [-0.25, -0.2) is 0 Å². The van der Waals surface area contributed by atoms with Crippen molar-refractivity contribution in [3.63, 3.8) is 0 Å². The van der Waals surface area contributed by atoms with Crippen molar-refractivity contribution < 1.29 is 5.11 Å². The second kappa shape index (κ2) is 3.66. The van der Waals surface area contributed by atoms with Gasteiger partial charge in [0, 0.05) is 0 Å². The molecule has 1 heteroatoms. The van der Waals surface area contributed by atoms with E-state index in [4.69, 9.17) is 5.11 Å². The lowest BCUT2D eigenvalue weighted by atomic mass is 10.3. The van der Waals surface area contributed by atoms with Crippen molar-refractivity contribution in [2.24, 2.45) is 0 Å². The lowest BCUT2D eigenvalue weighted by molar-refractivity contribution is 0.219. The van der Waals surface area contributed by atoms with Crippen LogP contribution in [0.1, 0.15) is 13.3 Å². The van der Waals surface area contributed by atoms with Crippen LogP contribution >= 0.6 is 0 Å². The molecule has 0 aromatic rings. The van der Waals surface area contributed by atoms with Gasteiger partial charge in [-0.05, 0) is 12.5 Å². The van der Waals surface area contributed by atoms with Crippen LogP contribution in [-0.4, -0.2) is 11.2 Å². The molecule has 0 fully saturated rings. The van der Waals surface area contributed by atoms with E-state index in [-0.39, 0.29) is 6.10 Å². The molecule has 0 aliphatic carbocycles. The Morgan fingerprint density at radius 2 is 2.57 bits per heavy atom. The van der Waals surface area contributed by atoms with E-state index in [1.807, 2.05) is 6.92 Å². The van der Waals surface area contributed by atoms with Gasteiger partial charge >= 0.3 is 0 Å². The molecule has 0 heterocycles. The highest BCUT2D eigenvalue weighted by atomic mass is 16.3. The Labute approximate surface area is 44.0 Å². The average Bonchev–Trinajstić information content (AvgIpc) is 1.68. The van der Waals surface area contributed by atoms with Gasteiger partial charge in [-0.2, -0.15) is 0 Å². The highest BCUT2D eigenvalue weighted by Gasteiger charge is 1.87. The van der Waals surface area contributed by atoms with Crippen LogP contribution in [0.15, 0.2) is 18.4 Å². The summed E-state index contributed by atoms with van der Waals surface area (Å²) in [6.07, 6.45) is 1.93. The molecule has 0 rings (SSSR count). The van der Waals surface area contributed by atoms with Crippen molar-refractivity contribution >= 4 is 0 Å². The van der Waals surface area contributed by atoms with Gasteiger partial charge in [0.25, 0.3) is 0 Å². The molecule has 0 amide bonds. The first-order valence-electron chi connectivity index (χ1n) is 2.35. The van der Waals surface area contributed by atoms with E-state index in [9.17, 15) is 0 Å². The first kappa shape index (κ1) is 6.48. The van der Waals surface area contributed by atoms with E-state index < -0.39 is 0 Å². The highest BCUT2D eigenvalue weighted by Crippen LogP contribution is 1.87. The van der Waals surface area contributed by atoms with Gasteiger partial charge in [-0.15, -0.1) is 5.73 Å². The number of aliphatic hydroxyl groups excluding tert-OH is 1. The third kappa shape index (κ3) is 3.31. The number of hydrogen-bond acceptors (Lipinski definition) is 1. The summed E-state index contributed by atoms with van der Waals surface area (Å²) in [6, 6.07) is 0. The van der Waals surface area contributed by atoms with Gasteiger partial charge < -0.3 is 5.11 Å². The molecule has 40 valence electrons. The molecule has 1 atom stereocenters. The SMILES string of the molecule is C=C=CC(O)CC. The molecule has 0 aromatic heterocycles. The molecule has 0 bridgehead atoms. The van der Waals surface area contributed by atoms with Crippen molar-refractivity contribution in [1.82, 2.24) is 0 Å². The maximum Gasteiger partial charge on any atom is 0.0791 e. The minimum atomic E-state index is -0.350. The van der Waals surface area contributed by atoms with Crippen LogP contribution in [0.4, 0.5) is 0 Å². The molecular formula is C6H10O. The fraction of sp³-hybridized carbons (Fsp3) is 0.500. The summed E-state index contributed by atoms with van der Waals surface area (Å²) in [7, 11) is 0. The monoisotopic (exact) mass is 98.1 g/mol. The van der Waals surface area contributed by atoms with Crippen LogP contribution in [0.2, 0.25) is 0 Å². The van der Waals surface area contributed by atoms with Crippen LogP contribution < -0.4 is 0 Å². The Kier molecular flexibility index (Phi) is 3.39. The maximum atomic E-state index is 8.70. The highest BCUT2D eigenvalue weighted by molar-refractivity contribution is 4.82. The maximum absolute atomic E-state index is 8.70. The van der Waals surface area contributed by atoms with Gasteiger partial charge in [0.15, 0.2) is 0 Å². The number of aliphatic hydroxyl groups is 1. The van der Waals surface area contributed by atoms with E-state index in [1.54, 1.807) is 6.08 Å². The molecular weight excluding hydrogens is 88.1 g/mol. The predicted octanol–water partition coefficient (Wildman–Crippen LogP) is 1.10. The average molecular weight is 98.1 g/mol. The Balaban J connectivity index is 3.35. The van der Waals surface area contributed by atoms with Crippen LogP contribution in [0.3, 0.4) is 0 Å². The second-order valence-corrected chi connectivity index (χ2v) is 1.35. The molecule has 0 saturated heterocycles. The lowest BCUT2D eigenvalue weighted by Crippen LogP contribution is -1.96. The third-order valence-corrected chi connectivity index (χ3v) is 0.729. The molecule has 7 heavy (non-hydrogen) atoms. The Hall–Kier alpha value is -0.520. The zero-order chi connectivity index (χ0) is 5.70. The minimum Gasteiger partial charge on any atom is -0.388 e. The Morgan fingerprint density at radius 1 is 2.00 bits per heavy atom. The van der Waals surface area contributed by atoms with Gasteiger partial charge in [-0.1, -0.05) is 13.5 Å². The van der Waals surface area contributed by atoms with Gasteiger partial charge in [-0.3, -0.25) is 0 Å².